The van der Waals surface area contributed by atoms with Crippen molar-refractivity contribution in [3.8, 4) is 0 Å². The standard InChI is InChI=1S/C12H12N4O4/c17-11(18)7-13-12(19)9-3-1-8(2-4-9)10-5-6-16(20)15-14-10/h1-4H,5-7H2,(H2-,13,15,17,18,19,20)/p+1. The summed E-state index contributed by atoms with van der Waals surface area (Å²) in [5, 5.41) is 14.7. The summed E-state index contributed by atoms with van der Waals surface area (Å²) in [7, 11) is 0. The number of nitroso groups, excluding NO2 is 1. The summed E-state index contributed by atoms with van der Waals surface area (Å²) >= 11 is 0. The van der Waals surface area contributed by atoms with Crippen molar-refractivity contribution >= 4 is 17.6 Å². The molecule has 0 aromatic heterocycles. The Labute approximate surface area is 114 Å². The van der Waals surface area contributed by atoms with Gasteiger partial charge in [0.05, 0.1) is 6.42 Å². The molecular weight excluding hydrogens is 264 g/mol. The highest BCUT2D eigenvalue weighted by atomic mass is 16.4. The number of nitrogens with zero attached hydrogens (tertiary/aromatic N) is 2. The number of hydrazine groups is 1. The zero-order valence-electron chi connectivity index (χ0n) is 10.5. The molecule has 0 bridgehead atoms. The number of hydrogen-bond donors (Lipinski definition) is 3. The van der Waals surface area contributed by atoms with Gasteiger partial charge in [0, 0.05) is 21.1 Å². The maximum absolute atomic E-state index is 11.6. The van der Waals surface area contributed by atoms with Gasteiger partial charge < -0.3 is 10.4 Å². The first-order chi connectivity index (χ1) is 9.56. The van der Waals surface area contributed by atoms with Crippen LogP contribution in [0.15, 0.2) is 29.4 Å². The minimum Gasteiger partial charge on any atom is -0.480 e. The molecule has 0 saturated carbocycles. The van der Waals surface area contributed by atoms with E-state index >= 15 is 0 Å². The molecule has 1 aliphatic rings. The summed E-state index contributed by atoms with van der Waals surface area (Å²) in [6.07, 6.45) is 0.515. The first kappa shape index (κ1) is 13.7. The highest BCUT2D eigenvalue weighted by molar-refractivity contribution is 6.02. The van der Waals surface area contributed by atoms with E-state index in [1.807, 2.05) is 0 Å². The normalized spacial score (nSPS) is 14.2. The quantitative estimate of drug-likeness (QED) is 0.665. The summed E-state index contributed by atoms with van der Waals surface area (Å²) in [4.78, 5) is 33.5. The number of benzene rings is 1. The Bertz CT molecular complexity index is 580. The lowest BCUT2D eigenvalue weighted by atomic mass is 10.0. The molecule has 1 aromatic carbocycles. The molecule has 1 aromatic rings. The fourth-order valence-corrected chi connectivity index (χ4v) is 1.71. The summed E-state index contributed by atoms with van der Waals surface area (Å²) in [6.45, 7) is -0.115. The van der Waals surface area contributed by atoms with E-state index in [-0.39, 0.29) is 0 Å². The summed E-state index contributed by atoms with van der Waals surface area (Å²) in [5.74, 6) is -1.55. The molecule has 104 valence electrons. The van der Waals surface area contributed by atoms with Crippen molar-refractivity contribution in [2.45, 2.75) is 6.42 Å². The van der Waals surface area contributed by atoms with Crippen LogP contribution in [0.25, 0.3) is 0 Å². The molecule has 2 rings (SSSR count). The van der Waals surface area contributed by atoms with Gasteiger partial charge in [0.1, 0.15) is 6.54 Å². The number of aliphatic carboxylic acids is 1. The monoisotopic (exact) mass is 277 g/mol. The van der Waals surface area contributed by atoms with Crippen LogP contribution < -0.4 is 10.9 Å². The molecule has 1 amide bonds. The molecule has 8 heteroatoms. The number of nitrogens with one attached hydrogen (secondary N) is 2. The van der Waals surface area contributed by atoms with Crippen molar-refractivity contribution in [1.82, 2.24) is 10.9 Å². The van der Waals surface area contributed by atoms with Crippen molar-refractivity contribution in [1.29, 1.82) is 0 Å². The van der Waals surface area contributed by atoms with Gasteiger partial charge in [-0.3, -0.25) is 9.59 Å². The maximum atomic E-state index is 11.6. The first-order valence-electron chi connectivity index (χ1n) is 5.93. The lowest BCUT2D eigenvalue weighted by Crippen LogP contribution is -2.31. The first-order valence-corrected chi connectivity index (χ1v) is 5.93. The molecule has 0 aliphatic carbocycles. The van der Waals surface area contributed by atoms with Crippen LogP contribution >= 0.6 is 0 Å². The van der Waals surface area contributed by atoms with Crippen molar-refractivity contribution in [3.63, 3.8) is 0 Å². The Morgan fingerprint density at radius 3 is 2.60 bits per heavy atom. The molecule has 0 atom stereocenters. The highest BCUT2D eigenvalue weighted by Gasteiger charge is 2.19. The van der Waals surface area contributed by atoms with Crippen molar-refractivity contribution in [3.05, 3.63) is 40.3 Å². The van der Waals surface area contributed by atoms with Gasteiger partial charge >= 0.3 is 5.97 Å². The average Bonchev–Trinajstić information content (AvgIpc) is 2.46. The SMILES string of the molecule is O=C(O)CNC(=O)c1ccc(C2=NN[N+](=O)CC2)cc1. The number of carbonyl (C=O) groups is 2. The number of rotatable bonds is 4. The minimum atomic E-state index is -1.10. The number of carboxylic acid groups (broad SMARTS) is 1. The number of hydrogen-bond acceptors (Lipinski definition) is 4. The Morgan fingerprint density at radius 2 is 2.05 bits per heavy atom. The molecule has 1 aliphatic heterocycles. The van der Waals surface area contributed by atoms with E-state index in [0.717, 1.165) is 11.3 Å². The zero-order valence-corrected chi connectivity index (χ0v) is 10.5. The van der Waals surface area contributed by atoms with Crippen LogP contribution in [0.2, 0.25) is 0 Å². The van der Waals surface area contributed by atoms with Crippen molar-refractivity contribution in [2.75, 3.05) is 13.1 Å². The van der Waals surface area contributed by atoms with Crippen LogP contribution in [0.4, 0.5) is 0 Å². The number of hydrazone groups is 1. The van der Waals surface area contributed by atoms with Crippen LogP contribution in [0.3, 0.4) is 0 Å². The molecular formula is C12H13N4O4+. The molecule has 0 spiro atoms. The predicted octanol–water partition coefficient (Wildman–Crippen LogP) is -0.108. The average molecular weight is 277 g/mol. The van der Waals surface area contributed by atoms with Gasteiger partial charge in [-0.1, -0.05) is 12.1 Å². The lowest BCUT2D eigenvalue weighted by molar-refractivity contribution is -0.609. The fraction of sp³-hybridized carbons (Fsp3) is 0.250. The summed E-state index contributed by atoms with van der Waals surface area (Å²) < 4.78 is 0. The van der Waals surface area contributed by atoms with Crippen LogP contribution in [-0.4, -0.2) is 40.7 Å². The summed E-state index contributed by atoms with van der Waals surface area (Å²) in [5.41, 5.74) is 4.22. The zero-order chi connectivity index (χ0) is 14.5. The van der Waals surface area contributed by atoms with E-state index < -0.39 is 18.4 Å². The van der Waals surface area contributed by atoms with E-state index in [9.17, 15) is 14.5 Å². The van der Waals surface area contributed by atoms with Gasteiger partial charge in [-0.15, -0.1) is 0 Å². The molecule has 1 heterocycles. The van der Waals surface area contributed by atoms with Crippen molar-refractivity contribution in [2.24, 2.45) is 5.10 Å². The second kappa shape index (κ2) is 5.91. The Morgan fingerprint density at radius 1 is 1.35 bits per heavy atom. The van der Waals surface area contributed by atoms with E-state index in [0.29, 0.717) is 23.4 Å². The van der Waals surface area contributed by atoms with Crippen LogP contribution in [0, 0.1) is 4.91 Å². The predicted molar refractivity (Wildman–Crippen MR) is 69.2 cm³/mol. The van der Waals surface area contributed by atoms with Crippen LogP contribution in [0.5, 0.6) is 0 Å². The number of carbonyl (C=O) groups excluding carboxylic acids is 1. The van der Waals surface area contributed by atoms with Gasteiger partial charge in [-0.05, 0) is 22.6 Å². The minimum absolute atomic E-state index is 0.305. The maximum Gasteiger partial charge on any atom is 0.322 e. The largest absolute Gasteiger partial charge is 0.480 e. The van der Waals surface area contributed by atoms with Gasteiger partial charge in [-0.25, -0.2) is 0 Å². The van der Waals surface area contributed by atoms with Gasteiger partial charge in [0.25, 0.3) is 5.91 Å². The van der Waals surface area contributed by atoms with Crippen LogP contribution in [-0.2, 0) is 4.79 Å². The van der Waals surface area contributed by atoms with Crippen LogP contribution in [0.1, 0.15) is 22.3 Å². The van der Waals surface area contributed by atoms with E-state index in [2.05, 4.69) is 16.0 Å². The molecule has 0 radical (unpaired) electrons. The summed E-state index contributed by atoms with van der Waals surface area (Å²) in [6, 6.07) is 6.57. The fourth-order valence-electron chi connectivity index (χ4n) is 1.71. The third kappa shape index (κ3) is 3.37. The third-order valence-corrected chi connectivity index (χ3v) is 2.73. The Balaban J connectivity index is 2.04. The molecule has 20 heavy (non-hydrogen) atoms. The third-order valence-electron chi connectivity index (χ3n) is 2.73. The second-order valence-corrected chi connectivity index (χ2v) is 4.16. The molecule has 0 fully saturated rings. The highest BCUT2D eigenvalue weighted by Crippen LogP contribution is 2.09. The lowest BCUT2D eigenvalue weighted by Gasteiger charge is -2.06. The number of amides is 1. The van der Waals surface area contributed by atoms with E-state index in [4.69, 9.17) is 5.11 Å². The van der Waals surface area contributed by atoms with Gasteiger partial charge in [0.15, 0.2) is 12.3 Å². The Hall–Kier alpha value is -2.77. The Kier molecular flexibility index (Phi) is 4.04. The molecule has 8 nitrogen and oxygen atoms in total. The van der Waals surface area contributed by atoms with E-state index in [1.165, 1.54) is 0 Å². The molecule has 0 unspecified atom stereocenters. The van der Waals surface area contributed by atoms with Gasteiger partial charge in [0.2, 0.25) is 0 Å². The van der Waals surface area contributed by atoms with Gasteiger partial charge in [-0.2, -0.15) is 0 Å². The molecule has 0 saturated heterocycles. The van der Waals surface area contributed by atoms with Crippen molar-refractivity contribution < 1.29 is 19.6 Å². The van der Waals surface area contributed by atoms with E-state index in [1.54, 1.807) is 24.3 Å². The molecule has 3 N–H and O–H groups in total. The topological polar surface area (TPSA) is 111 Å². The smallest absolute Gasteiger partial charge is 0.322 e. The second-order valence-electron chi connectivity index (χ2n) is 4.16. The number of carboxylic acids is 1.